The lowest BCUT2D eigenvalue weighted by Gasteiger charge is -2.32. The molecule has 0 amide bonds. The minimum absolute atomic E-state index is 0.368. The Balaban J connectivity index is 1.88. The Bertz CT molecular complexity index is 563. The molecule has 0 saturated carbocycles. The second-order valence-electron chi connectivity index (χ2n) is 7.22. The number of rotatable bonds is 3. The third kappa shape index (κ3) is 2.57. The zero-order valence-corrected chi connectivity index (χ0v) is 13.9. The molecule has 22 heavy (non-hydrogen) atoms. The molecular weight excluding hydrogens is 277 g/mol. The molecule has 118 valence electrons. The number of carbonyl (C=O) groups excluding carboxylic acids is 1. The fourth-order valence-electron chi connectivity index (χ4n) is 3.04. The third-order valence-electron chi connectivity index (χ3n) is 5.15. The molecule has 1 aromatic carbocycles. The Morgan fingerprint density at radius 1 is 1.09 bits per heavy atom. The summed E-state index contributed by atoms with van der Waals surface area (Å²) in [5, 5.41) is 0. The van der Waals surface area contributed by atoms with E-state index in [0.29, 0.717) is 5.56 Å². The lowest BCUT2D eigenvalue weighted by molar-refractivity contribution is 0.00578. The maximum Gasteiger partial charge on any atom is 0.494 e. The summed E-state index contributed by atoms with van der Waals surface area (Å²) >= 11 is 0. The zero-order valence-electron chi connectivity index (χ0n) is 13.9. The quantitative estimate of drug-likeness (QED) is 0.635. The van der Waals surface area contributed by atoms with Crippen LogP contribution < -0.4 is 10.4 Å². The minimum atomic E-state index is -0.420. The fraction of sp³-hybridized carbons (Fsp3) is 0.588. The molecule has 4 nitrogen and oxygen atoms in total. The van der Waals surface area contributed by atoms with E-state index in [1.54, 1.807) is 0 Å². The van der Waals surface area contributed by atoms with E-state index < -0.39 is 7.12 Å². The normalized spacial score (nSPS) is 23.1. The van der Waals surface area contributed by atoms with Crippen molar-refractivity contribution >= 4 is 24.6 Å². The van der Waals surface area contributed by atoms with Crippen LogP contribution in [-0.4, -0.2) is 37.7 Å². The predicted molar refractivity (Wildman–Crippen MR) is 89.0 cm³/mol. The van der Waals surface area contributed by atoms with Gasteiger partial charge in [0.1, 0.15) is 0 Å². The second kappa shape index (κ2) is 5.39. The molecule has 0 atom stereocenters. The van der Waals surface area contributed by atoms with Crippen molar-refractivity contribution in [2.45, 2.75) is 51.7 Å². The highest BCUT2D eigenvalue weighted by molar-refractivity contribution is 6.62. The smallest absolute Gasteiger partial charge is 0.399 e. The van der Waals surface area contributed by atoms with Gasteiger partial charge in [0, 0.05) is 24.3 Å². The van der Waals surface area contributed by atoms with Gasteiger partial charge < -0.3 is 14.2 Å². The van der Waals surface area contributed by atoms with Crippen LogP contribution in [0.4, 0.5) is 5.69 Å². The summed E-state index contributed by atoms with van der Waals surface area (Å²) in [6, 6.07) is 5.95. The van der Waals surface area contributed by atoms with Crippen LogP contribution in [0.25, 0.3) is 0 Å². The molecule has 2 heterocycles. The van der Waals surface area contributed by atoms with Gasteiger partial charge in [-0.1, -0.05) is 6.07 Å². The maximum absolute atomic E-state index is 11.5. The summed E-state index contributed by atoms with van der Waals surface area (Å²) in [5.74, 6) is 0. The Labute approximate surface area is 132 Å². The zero-order chi connectivity index (χ0) is 16.0. The van der Waals surface area contributed by atoms with Gasteiger partial charge in [-0.05, 0) is 58.1 Å². The van der Waals surface area contributed by atoms with Gasteiger partial charge in [0.25, 0.3) is 0 Å². The summed E-state index contributed by atoms with van der Waals surface area (Å²) < 4.78 is 12.1. The molecule has 0 spiro atoms. The van der Waals surface area contributed by atoms with Crippen LogP contribution in [0.3, 0.4) is 0 Å². The number of nitrogens with zero attached hydrogens (tertiary/aromatic N) is 1. The van der Waals surface area contributed by atoms with E-state index in [4.69, 9.17) is 9.31 Å². The van der Waals surface area contributed by atoms with E-state index >= 15 is 0 Å². The van der Waals surface area contributed by atoms with Crippen LogP contribution in [0, 0.1) is 0 Å². The van der Waals surface area contributed by atoms with Gasteiger partial charge >= 0.3 is 7.12 Å². The number of benzene rings is 1. The lowest BCUT2D eigenvalue weighted by atomic mass is 9.78. The van der Waals surface area contributed by atoms with Crippen LogP contribution in [0.1, 0.15) is 50.9 Å². The van der Waals surface area contributed by atoms with Crippen LogP contribution >= 0.6 is 0 Å². The van der Waals surface area contributed by atoms with E-state index in [-0.39, 0.29) is 11.2 Å². The molecule has 0 bridgehead atoms. The van der Waals surface area contributed by atoms with Crippen molar-refractivity contribution in [3.63, 3.8) is 0 Å². The van der Waals surface area contributed by atoms with Crippen molar-refractivity contribution in [3.8, 4) is 0 Å². The molecule has 2 aliphatic heterocycles. The first-order valence-electron chi connectivity index (χ1n) is 8.04. The predicted octanol–water partition coefficient (Wildman–Crippen LogP) is 2.40. The number of anilines is 1. The first-order chi connectivity index (χ1) is 10.3. The van der Waals surface area contributed by atoms with Gasteiger partial charge in [0.05, 0.1) is 11.2 Å². The molecule has 5 heteroatoms. The first kappa shape index (κ1) is 15.6. The Morgan fingerprint density at radius 2 is 1.68 bits per heavy atom. The molecule has 0 aliphatic carbocycles. The average molecular weight is 301 g/mol. The maximum atomic E-state index is 11.5. The average Bonchev–Trinajstić information content (AvgIpc) is 3.05. The number of hydrogen-bond donors (Lipinski definition) is 0. The van der Waals surface area contributed by atoms with Crippen molar-refractivity contribution < 1.29 is 14.1 Å². The van der Waals surface area contributed by atoms with Crippen molar-refractivity contribution in [1.29, 1.82) is 0 Å². The number of aldehydes is 1. The van der Waals surface area contributed by atoms with E-state index in [0.717, 1.165) is 30.5 Å². The second-order valence-corrected chi connectivity index (χ2v) is 7.22. The molecule has 2 aliphatic rings. The van der Waals surface area contributed by atoms with E-state index in [1.807, 2.05) is 45.9 Å². The number of carbonyl (C=O) groups is 1. The van der Waals surface area contributed by atoms with Gasteiger partial charge in [0.2, 0.25) is 0 Å². The lowest BCUT2D eigenvalue weighted by Crippen LogP contribution is -2.41. The molecule has 0 aromatic heterocycles. The Kier molecular flexibility index (Phi) is 3.81. The highest BCUT2D eigenvalue weighted by Crippen LogP contribution is 2.36. The fourth-order valence-corrected chi connectivity index (χ4v) is 3.04. The molecule has 0 unspecified atom stereocenters. The SMILES string of the molecule is CC1(C)OB(c2ccc(N3CCCC3)c(C=O)c2)OC1(C)C. The van der Waals surface area contributed by atoms with Crippen LogP contribution in [0.5, 0.6) is 0 Å². The van der Waals surface area contributed by atoms with Gasteiger partial charge in [0.15, 0.2) is 6.29 Å². The van der Waals surface area contributed by atoms with Crippen molar-refractivity contribution in [3.05, 3.63) is 23.8 Å². The van der Waals surface area contributed by atoms with E-state index in [1.165, 1.54) is 12.8 Å². The minimum Gasteiger partial charge on any atom is -0.399 e. The highest BCUT2D eigenvalue weighted by atomic mass is 16.7. The molecule has 0 N–H and O–H groups in total. The molecule has 2 saturated heterocycles. The summed E-state index contributed by atoms with van der Waals surface area (Å²) in [6.07, 6.45) is 3.32. The summed E-state index contributed by atoms with van der Waals surface area (Å²) in [4.78, 5) is 13.8. The summed E-state index contributed by atoms with van der Waals surface area (Å²) in [7, 11) is -0.420. The van der Waals surface area contributed by atoms with E-state index in [2.05, 4.69) is 4.90 Å². The van der Waals surface area contributed by atoms with Crippen LogP contribution in [0.15, 0.2) is 18.2 Å². The molecule has 0 radical (unpaired) electrons. The largest absolute Gasteiger partial charge is 0.494 e. The third-order valence-corrected chi connectivity index (χ3v) is 5.15. The first-order valence-corrected chi connectivity index (χ1v) is 8.04. The molecular formula is C17H24BNO3. The Morgan fingerprint density at radius 3 is 2.23 bits per heavy atom. The van der Waals surface area contributed by atoms with Crippen molar-refractivity contribution in [2.24, 2.45) is 0 Å². The van der Waals surface area contributed by atoms with Crippen molar-refractivity contribution in [1.82, 2.24) is 0 Å². The standard InChI is InChI=1S/C17H24BNO3/c1-16(2)17(3,4)22-18(21-16)14-7-8-15(13(11-14)12-20)19-9-5-6-10-19/h7-8,11-12H,5-6,9-10H2,1-4H3. The number of hydrogen-bond acceptors (Lipinski definition) is 4. The topological polar surface area (TPSA) is 38.8 Å². The highest BCUT2D eigenvalue weighted by Gasteiger charge is 2.51. The van der Waals surface area contributed by atoms with Gasteiger partial charge in [-0.25, -0.2) is 0 Å². The molecule has 2 fully saturated rings. The van der Waals surface area contributed by atoms with Crippen LogP contribution in [-0.2, 0) is 9.31 Å². The summed E-state index contributed by atoms with van der Waals surface area (Å²) in [5.41, 5.74) is 1.91. The van der Waals surface area contributed by atoms with Crippen molar-refractivity contribution in [2.75, 3.05) is 18.0 Å². The molecule has 3 rings (SSSR count). The van der Waals surface area contributed by atoms with Gasteiger partial charge in [-0.15, -0.1) is 0 Å². The summed E-state index contributed by atoms with van der Waals surface area (Å²) in [6.45, 7) is 10.2. The van der Waals surface area contributed by atoms with Crippen LogP contribution in [0.2, 0.25) is 0 Å². The van der Waals surface area contributed by atoms with Gasteiger partial charge in [-0.2, -0.15) is 0 Å². The van der Waals surface area contributed by atoms with Gasteiger partial charge in [-0.3, -0.25) is 4.79 Å². The monoisotopic (exact) mass is 301 g/mol. The molecule has 1 aromatic rings. The van der Waals surface area contributed by atoms with E-state index in [9.17, 15) is 4.79 Å². The Hall–Kier alpha value is -1.33.